The molecule has 0 radical (unpaired) electrons. The van der Waals surface area contributed by atoms with E-state index < -0.39 is 0 Å². The number of ether oxygens (including phenoxy) is 1. The van der Waals surface area contributed by atoms with Crippen molar-refractivity contribution in [3.05, 3.63) is 34.3 Å². The topological polar surface area (TPSA) is 38.7 Å². The Kier molecular flexibility index (Phi) is 13.1. The van der Waals surface area contributed by atoms with Crippen molar-refractivity contribution in [1.82, 2.24) is 0 Å². The van der Waals surface area contributed by atoms with Gasteiger partial charge in [-0.25, -0.2) is 4.99 Å². The minimum Gasteiger partial charge on any atom is -0.475 e. The molecule has 0 atom stereocenters. The van der Waals surface area contributed by atoms with E-state index in [1.165, 1.54) is 77.0 Å². The van der Waals surface area contributed by atoms with Crippen LogP contribution in [0.5, 0.6) is 0 Å². The molecule has 0 saturated heterocycles. The van der Waals surface area contributed by atoms with Crippen molar-refractivity contribution in [3.63, 3.8) is 0 Å². The summed E-state index contributed by atoms with van der Waals surface area (Å²) in [5.41, 5.74) is 1.56. The van der Waals surface area contributed by atoms with E-state index in [4.69, 9.17) is 16.3 Å². The molecule has 0 fully saturated rings. The average Bonchev–Trinajstić information content (AvgIpc) is 3.14. The molecule has 1 aromatic carbocycles. The number of rotatable bonds is 18. The van der Waals surface area contributed by atoms with Crippen molar-refractivity contribution in [1.29, 1.82) is 0 Å². The van der Waals surface area contributed by atoms with Gasteiger partial charge in [0.1, 0.15) is 12.4 Å². The van der Waals surface area contributed by atoms with Crippen molar-refractivity contribution in [2.75, 3.05) is 6.61 Å². The Morgan fingerprint density at radius 3 is 1.97 bits per heavy atom. The predicted octanol–water partition coefficient (Wildman–Crippen LogP) is 8.88. The Labute approximate surface area is 207 Å². The highest BCUT2D eigenvalue weighted by Crippen LogP contribution is 2.26. The van der Waals surface area contributed by atoms with E-state index in [0.29, 0.717) is 36.2 Å². The Morgan fingerprint density at radius 1 is 0.909 bits per heavy atom. The monoisotopic (exact) mass is 475 g/mol. The van der Waals surface area contributed by atoms with Gasteiger partial charge in [-0.05, 0) is 38.0 Å². The zero-order valence-electron chi connectivity index (χ0n) is 21.4. The van der Waals surface area contributed by atoms with Gasteiger partial charge in [0.2, 0.25) is 5.90 Å². The van der Waals surface area contributed by atoms with E-state index in [0.717, 1.165) is 24.0 Å². The summed E-state index contributed by atoms with van der Waals surface area (Å²) in [6, 6.07) is 5.75. The summed E-state index contributed by atoms with van der Waals surface area (Å²) >= 11 is 6.36. The molecule has 1 aromatic rings. The molecule has 3 nitrogen and oxygen atoms in total. The molecule has 1 aliphatic rings. The Bertz CT molecular complexity index is 741. The predicted molar refractivity (Wildman–Crippen MR) is 142 cm³/mol. The Balaban J connectivity index is 1.53. The summed E-state index contributed by atoms with van der Waals surface area (Å²) in [7, 11) is 0. The lowest BCUT2D eigenvalue weighted by molar-refractivity contribution is -0.118. The molecule has 0 N–H and O–H groups in total. The molecule has 4 heteroatoms. The lowest BCUT2D eigenvalue weighted by Gasteiger charge is -2.08. The molecule has 0 saturated carbocycles. The van der Waals surface area contributed by atoms with Gasteiger partial charge in [-0.1, -0.05) is 108 Å². The van der Waals surface area contributed by atoms with Crippen LogP contribution in [-0.4, -0.2) is 23.8 Å². The molecule has 33 heavy (non-hydrogen) atoms. The van der Waals surface area contributed by atoms with Gasteiger partial charge < -0.3 is 4.74 Å². The molecular weight excluding hydrogens is 430 g/mol. The second-order valence-corrected chi connectivity index (χ2v) is 10.8. The fourth-order valence-corrected chi connectivity index (χ4v) is 4.60. The van der Waals surface area contributed by atoms with Gasteiger partial charge in [0, 0.05) is 12.8 Å². The van der Waals surface area contributed by atoms with Gasteiger partial charge in [-0.2, -0.15) is 0 Å². The minimum atomic E-state index is -0.224. The quantitative estimate of drug-likeness (QED) is 0.199. The van der Waals surface area contributed by atoms with E-state index in [1.807, 2.05) is 32.0 Å². The first-order chi connectivity index (χ1) is 15.9. The lowest BCUT2D eigenvalue weighted by atomic mass is 10.0. The van der Waals surface area contributed by atoms with Gasteiger partial charge in [0.25, 0.3) is 0 Å². The fourth-order valence-electron chi connectivity index (χ4n) is 4.40. The molecule has 0 aliphatic carbocycles. The number of carbonyl (C=O) groups is 1. The van der Waals surface area contributed by atoms with E-state index >= 15 is 0 Å². The lowest BCUT2D eigenvalue weighted by Crippen LogP contribution is -2.17. The van der Waals surface area contributed by atoms with Crippen LogP contribution in [0.3, 0.4) is 0 Å². The van der Waals surface area contributed by atoms with Gasteiger partial charge in [0.05, 0.1) is 16.1 Å². The first kappa shape index (κ1) is 27.9. The molecule has 2 rings (SSSR count). The van der Waals surface area contributed by atoms with Crippen LogP contribution in [0.2, 0.25) is 5.02 Å². The first-order valence-corrected chi connectivity index (χ1v) is 13.8. The number of hydrogen-bond acceptors (Lipinski definition) is 3. The molecule has 0 unspecified atom stereocenters. The molecule has 186 valence electrons. The highest BCUT2D eigenvalue weighted by atomic mass is 35.5. The van der Waals surface area contributed by atoms with E-state index in [2.05, 4.69) is 11.9 Å². The van der Waals surface area contributed by atoms with Gasteiger partial charge in [-0.3, -0.25) is 4.79 Å². The molecule has 0 amide bonds. The third-order valence-electron chi connectivity index (χ3n) is 6.44. The third-order valence-corrected chi connectivity index (χ3v) is 6.77. The van der Waals surface area contributed by atoms with Crippen LogP contribution in [-0.2, 0) is 16.0 Å². The second-order valence-electron chi connectivity index (χ2n) is 10.4. The normalized spacial score (nSPS) is 14.8. The van der Waals surface area contributed by atoms with Crippen LogP contribution in [0.1, 0.15) is 128 Å². The van der Waals surface area contributed by atoms with Crippen LogP contribution in [0, 0.1) is 0 Å². The van der Waals surface area contributed by atoms with Crippen LogP contribution >= 0.6 is 11.6 Å². The second kappa shape index (κ2) is 15.5. The summed E-state index contributed by atoms with van der Waals surface area (Å²) in [6.45, 7) is 6.91. The highest BCUT2D eigenvalue weighted by molar-refractivity contribution is 6.33. The summed E-state index contributed by atoms with van der Waals surface area (Å²) in [4.78, 5) is 17.1. The molecule has 1 aliphatic heterocycles. The molecule has 0 aromatic heterocycles. The number of benzene rings is 1. The number of nitrogens with zero attached hydrogens (tertiary/aromatic N) is 1. The fraction of sp³-hybridized carbons (Fsp3) is 0.724. The summed E-state index contributed by atoms with van der Waals surface area (Å²) < 4.78 is 5.73. The largest absolute Gasteiger partial charge is 0.475 e. The average molecular weight is 476 g/mol. The summed E-state index contributed by atoms with van der Waals surface area (Å²) in [6.07, 6.45) is 19.8. The van der Waals surface area contributed by atoms with Crippen molar-refractivity contribution >= 4 is 23.3 Å². The smallest absolute Gasteiger partial charge is 0.218 e. The SMILES string of the molecule is CCCCCCCCCCCCCCCCC(=O)Cc1ccc(Cl)c(C2=NC(C)(C)CO2)c1. The van der Waals surface area contributed by atoms with E-state index in [9.17, 15) is 4.79 Å². The van der Waals surface area contributed by atoms with Crippen LogP contribution < -0.4 is 0 Å². The maximum absolute atomic E-state index is 12.5. The van der Waals surface area contributed by atoms with Crippen LogP contribution in [0.15, 0.2) is 23.2 Å². The molecule has 1 heterocycles. The van der Waals surface area contributed by atoms with Gasteiger partial charge >= 0.3 is 0 Å². The molecule has 0 bridgehead atoms. The number of unbranched alkanes of at least 4 members (excludes halogenated alkanes) is 13. The molecule has 0 spiro atoms. The number of carbonyl (C=O) groups excluding carboxylic acids is 1. The number of Topliss-reactive ketones (excluding diaryl/α,β-unsaturated/α-hetero) is 1. The Hall–Kier alpha value is -1.35. The number of aliphatic imine (C=N–C) groups is 1. The summed E-state index contributed by atoms with van der Waals surface area (Å²) in [5, 5.41) is 0.620. The van der Waals surface area contributed by atoms with E-state index in [1.54, 1.807) is 0 Å². The third kappa shape index (κ3) is 11.6. The minimum absolute atomic E-state index is 0.224. The maximum atomic E-state index is 12.5. The zero-order chi connectivity index (χ0) is 23.9. The first-order valence-electron chi connectivity index (χ1n) is 13.4. The number of ketones is 1. The van der Waals surface area contributed by atoms with Crippen molar-refractivity contribution < 1.29 is 9.53 Å². The Morgan fingerprint density at radius 2 is 1.45 bits per heavy atom. The zero-order valence-corrected chi connectivity index (χ0v) is 22.2. The standard InChI is InChI=1S/C29H46ClNO2/c1-4-5-6-7-8-9-10-11-12-13-14-15-16-17-18-25(32)21-24-19-20-27(30)26(22-24)28-31-29(2,3)23-33-28/h19-20,22H,4-18,21,23H2,1-3H3. The van der Waals surface area contributed by atoms with E-state index in [-0.39, 0.29) is 5.54 Å². The van der Waals surface area contributed by atoms with Crippen molar-refractivity contribution in [2.45, 2.75) is 129 Å². The van der Waals surface area contributed by atoms with Gasteiger partial charge in [0.15, 0.2) is 0 Å². The van der Waals surface area contributed by atoms with Crippen LogP contribution in [0.25, 0.3) is 0 Å². The number of halogens is 1. The highest BCUT2D eigenvalue weighted by Gasteiger charge is 2.28. The summed E-state index contributed by atoms with van der Waals surface area (Å²) in [5.74, 6) is 0.892. The van der Waals surface area contributed by atoms with Crippen LogP contribution in [0.4, 0.5) is 0 Å². The van der Waals surface area contributed by atoms with Gasteiger partial charge in [-0.15, -0.1) is 0 Å². The maximum Gasteiger partial charge on any atom is 0.218 e. The van der Waals surface area contributed by atoms with Crippen molar-refractivity contribution in [2.24, 2.45) is 4.99 Å². The van der Waals surface area contributed by atoms with Crippen molar-refractivity contribution in [3.8, 4) is 0 Å². The number of hydrogen-bond donors (Lipinski definition) is 0. The molecular formula is C29H46ClNO2.